The van der Waals surface area contributed by atoms with E-state index in [0.29, 0.717) is 19.4 Å². The zero-order valence-corrected chi connectivity index (χ0v) is 16.0. The predicted octanol–water partition coefficient (Wildman–Crippen LogP) is 3.76. The first-order valence-electron chi connectivity index (χ1n) is 9.56. The number of rotatable bonds is 5. The van der Waals surface area contributed by atoms with E-state index in [9.17, 15) is 18.4 Å². The maximum Gasteiger partial charge on any atom is 0.414 e. The summed E-state index contributed by atoms with van der Waals surface area (Å²) in [5.41, 5.74) is 2.03. The molecule has 152 valence electrons. The number of ether oxygens (including phenoxy) is 1. The molecule has 3 aliphatic heterocycles. The first-order chi connectivity index (χ1) is 13.9. The van der Waals surface area contributed by atoms with E-state index in [4.69, 9.17) is 4.74 Å². The Morgan fingerprint density at radius 1 is 1.21 bits per heavy atom. The number of benzene rings is 1. The molecule has 0 N–H and O–H groups in total. The van der Waals surface area contributed by atoms with Crippen LogP contribution in [0.1, 0.15) is 26.2 Å². The zero-order chi connectivity index (χ0) is 20.5. The third kappa shape index (κ3) is 3.92. The van der Waals surface area contributed by atoms with E-state index in [1.54, 1.807) is 0 Å². The van der Waals surface area contributed by atoms with Crippen molar-refractivity contribution in [1.82, 2.24) is 0 Å². The van der Waals surface area contributed by atoms with Gasteiger partial charge in [0.1, 0.15) is 6.10 Å². The van der Waals surface area contributed by atoms with E-state index in [0.717, 1.165) is 10.6 Å². The molecule has 4 rings (SSSR count). The van der Waals surface area contributed by atoms with Crippen LogP contribution in [-0.4, -0.2) is 43.3 Å². The zero-order valence-electron chi connectivity index (χ0n) is 16.0. The van der Waals surface area contributed by atoms with Crippen molar-refractivity contribution < 1.29 is 23.1 Å². The fourth-order valence-electron chi connectivity index (χ4n) is 3.65. The van der Waals surface area contributed by atoms with Crippen LogP contribution in [0.2, 0.25) is 0 Å². The van der Waals surface area contributed by atoms with Gasteiger partial charge in [0, 0.05) is 24.9 Å². The van der Waals surface area contributed by atoms with E-state index in [-0.39, 0.29) is 36.7 Å². The Morgan fingerprint density at radius 2 is 1.97 bits per heavy atom. The van der Waals surface area contributed by atoms with Crippen molar-refractivity contribution in [2.45, 2.75) is 32.3 Å². The number of hydrogen-bond acceptors (Lipinski definition) is 5. The molecule has 0 aliphatic carbocycles. The molecule has 0 radical (unpaired) electrons. The van der Waals surface area contributed by atoms with Gasteiger partial charge < -0.3 is 9.64 Å². The number of cyclic esters (lactones) is 1. The first kappa shape index (κ1) is 19.3. The van der Waals surface area contributed by atoms with Crippen LogP contribution in [0.15, 0.2) is 41.1 Å². The van der Waals surface area contributed by atoms with Gasteiger partial charge in [-0.1, -0.05) is 5.57 Å². The lowest BCUT2D eigenvalue weighted by molar-refractivity contribution is -0.114. The molecule has 29 heavy (non-hydrogen) atoms. The van der Waals surface area contributed by atoms with Gasteiger partial charge in [-0.05, 0) is 44.1 Å². The Morgan fingerprint density at radius 3 is 2.66 bits per heavy atom. The van der Waals surface area contributed by atoms with Crippen LogP contribution in [0.3, 0.4) is 0 Å². The van der Waals surface area contributed by atoms with Crippen LogP contribution in [0, 0.1) is 11.6 Å². The Hall–Kier alpha value is -3.03. The number of carbonyl (C=O) groups excluding carboxylic acids is 2. The summed E-state index contributed by atoms with van der Waals surface area (Å²) in [5, 5.41) is 0. The Bertz CT molecular complexity index is 955. The fourth-order valence-corrected chi connectivity index (χ4v) is 3.65. The largest absolute Gasteiger partial charge is 0.444 e. The topological polar surface area (TPSA) is 62.2 Å². The lowest BCUT2D eigenvalue weighted by Gasteiger charge is -2.24. The molecule has 6 nitrogen and oxygen atoms in total. The molecule has 0 bridgehead atoms. The first-order valence-corrected chi connectivity index (χ1v) is 9.56. The van der Waals surface area contributed by atoms with Crippen LogP contribution in [0.25, 0.3) is 0 Å². The number of carbonyl (C=O) groups is 2. The summed E-state index contributed by atoms with van der Waals surface area (Å²) in [7, 11) is 0. The molecule has 1 aromatic rings. The lowest BCUT2D eigenvalue weighted by atomic mass is 10.1. The van der Waals surface area contributed by atoms with Crippen molar-refractivity contribution >= 4 is 29.0 Å². The second kappa shape index (κ2) is 7.77. The lowest BCUT2D eigenvalue weighted by Crippen LogP contribution is -2.28. The summed E-state index contributed by atoms with van der Waals surface area (Å²) >= 11 is 0. The van der Waals surface area contributed by atoms with Crippen molar-refractivity contribution in [2.24, 2.45) is 4.99 Å². The second-order valence-corrected chi connectivity index (χ2v) is 7.41. The van der Waals surface area contributed by atoms with Crippen molar-refractivity contribution in [2.75, 3.05) is 29.4 Å². The number of anilines is 2. The van der Waals surface area contributed by atoms with Gasteiger partial charge in [0.15, 0.2) is 17.4 Å². The summed E-state index contributed by atoms with van der Waals surface area (Å²) < 4.78 is 34.8. The highest BCUT2D eigenvalue weighted by atomic mass is 19.2. The van der Waals surface area contributed by atoms with Gasteiger partial charge in [-0.25, -0.2) is 13.6 Å². The smallest absolute Gasteiger partial charge is 0.414 e. The Labute approximate surface area is 167 Å². The van der Waals surface area contributed by atoms with Crippen LogP contribution in [-0.2, 0) is 9.53 Å². The Kier molecular flexibility index (Phi) is 5.17. The molecular formula is C21H21F2N3O3. The van der Waals surface area contributed by atoms with E-state index < -0.39 is 23.8 Å². The van der Waals surface area contributed by atoms with E-state index in [1.807, 2.05) is 13.0 Å². The van der Waals surface area contributed by atoms with Gasteiger partial charge in [0.05, 0.1) is 24.5 Å². The molecule has 1 saturated heterocycles. The maximum atomic E-state index is 14.8. The molecular weight excluding hydrogens is 380 g/mol. The second-order valence-electron chi connectivity index (χ2n) is 7.41. The molecule has 1 aromatic carbocycles. The molecule has 1 atom stereocenters. The van der Waals surface area contributed by atoms with Crippen molar-refractivity contribution in [3.63, 3.8) is 0 Å². The molecule has 0 unspecified atom stereocenters. The number of hydrogen-bond donors (Lipinski definition) is 0. The molecule has 0 aromatic heterocycles. The van der Waals surface area contributed by atoms with E-state index >= 15 is 0 Å². The number of nitrogens with zero attached hydrogens (tertiary/aromatic N) is 3. The third-order valence-corrected chi connectivity index (χ3v) is 5.22. The Balaban J connectivity index is 1.46. The van der Waals surface area contributed by atoms with Crippen LogP contribution in [0.4, 0.5) is 25.0 Å². The molecule has 3 aliphatic rings. The van der Waals surface area contributed by atoms with Crippen molar-refractivity contribution in [3.8, 4) is 0 Å². The monoisotopic (exact) mass is 401 g/mol. The number of amides is 1. The normalized spacial score (nSPS) is 21.6. The summed E-state index contributed by atoms with van der Waals surface area (Å²) in [6, 6.07) is 2.78. The molecule has 0 saturated carbocycles. The van der Waals surface area contributed by atoms with Gasteiger partial charge in [0.2, 0.25) is 0 Å². The van der Waals surface area contributed by atoms with Crippen LogP contribution in [0.5, 0.6) is 0 Å². The minimum absolute atomic E-state index is 0.0283. The minimum Gasteiger partial charge on any atom is -0.444 e. The van der Waals surface area contributed by atoms with Crippen LogP contribution >= 0.6 is 0 Å². The highest BCUT2D eigenvalue weighted by Crippen LogP contribution is 2.33. The number of aliphatic imine (C=N–C) groups is 1. The number of ketones is 1. The maximum absolute atomic E-state index is 14.8. The molecule has 0 spiro atoms. The fraction of sp³-hybridized carbons (Fsp3) is 0.381. The standard InChI is InChI=1S/C21H21F2N3O3/c1-13-10-14(24-11-13)2-3-16-12-26(21(28)29-16)18-5-4-17(19(22)20(18)23)25-8-6-15(27)7-9-25/h4-6,8,10,16H,2-3,7,9,11-12H2,1H3/t16-/m0/s1. The summed E-state index contributed by atoms with van der Waals surface area (Å²) in [4.78, 5) is 30.5. The van der Waals surface area contributed by atoms with Crippen molar-refractivity contribution in [3.05, 3.63) is 47.7 Å². The third-order valence-electron chi connectivity index (χ3n) is 5.22. The van der Waals surface area contributed by atoms with Gasteiger partial charge in [-0.3, -0.25) is 14.7 Å². The summed E-state index contributed by atoms with van der Waals surface area (Å²) in [5.74, 6) is -2.22. The van der Waals surface area contributed by atoms with Gasteiger partial charge in [0.25, 0.3) is 0 Å². The van der Waals surface area contributed by atoms with Crippen LogP contribution < -0.4 is 9.80 Å². The van der Waals surface area contributed by atoms with Crippen molar-refractivity contribution in [1.29, 1.82) is 0 Å². The quantitative estimate of drug-likeness (QED) is 0.754. The van der Waals surface area contributed by atoms with E-state index in [2.05, 4.69) is 4.99 Å². The molecule has 1 fully saturated rings. The highest BCUT2D eigenvalue weighted by molar-refractivity contribution is 5.97. The highest BCUT2D eigenvalue weighted by Gasteiger charge is 2.35. The molecule has 8 heteroatoms. The SMILES string of the molecule is CC1=CC(CC[C@H]2CN(c3ccc(N4C=CC(=O)CC4)c(F)c3F)C(=O)O2)=NC1. The molecule has 1 amide bonds. The average Bonchev–Trinajstić information content (AvgIpc) is 3.28. The predicted molar refractivity (Wildman–Crippen MR) is 105 cm³/mol. The summed E-state index contributed by atoms with van der Waals surface area (Å²) in [6.07, 6.45) is 5.17. The minimum atomic E-state index is -1.11. The van der Waals surface area contributed by atoms with Gasteiger partial charge in [-0.2, -0.15) is 0 Å². The molecule has 3 heterocycles. The average molecular weight is 401 g/mol. The summed E-state index contributed by atoms with van der Waals surface area (Å²) in [6.45, 7) is 3.13. The number of halogens is 2. The van der Waals surface area contributed by atoms with E-state index in [1.165, 1.54) is 34.9 Å². The van der Waals surface area contributed by atoms with Gasteiger partial charge in [-0.15, -0.1) is 0 Å². The van der Waals surface area contributed by atoms with Gasteiger partial charge >= 0.3 is 6.09 Å². The number of allylic oxidation sites excluding steroid dienone is 2.